The van der Waals surface area contributed by atoms with Crippen molar-refractivity contribution in [2.75, 3.05) is 25.5 Å². The lowest BCUT2D eigenvalue weighted by Gasteiger charge is -2.31. The van der Waals surface area contributed by atoms with Gasteiger partial charge in [-0.1, -0.05) is 29.8 Å². The molecule has 0 bridgehead atoms. The zero-order chi connectivity index (χ0) is 18.5. The van der Waals surface area contributed by atoms with Crippen LogP contribution in [0.15, 0.2) is 42.5 Å². The lowest BCUT2D eigenvalue weighted by atomic mass is 9.95. The first kappa shape index (κ1) is 18.7. The van der Waals surface area contributed by atoms with Crippen molar-refractivity contribution < 1.29 is 13.9 Å². The Hall–Kier alpha value is -2.11. The molecule has 1 heterocycles. The van der Waals surface area contributed by atoms with Gasteiger partial charge >= 0.3 is 0 Å². The maximum Gasteiger partial charge on any atom is 0.227 e. The topological polar surface area (TPSA) is 41.6 Å². The van der Waals surface area contributed by atoms with E-state index in [-0.39, 0.29) is 17.6 Å². The normalized spacial score (nSPS) is 15.7. The molecule has 4 nitrogen and oxygen atoms in total. The van der Waals surface area contributed by atoms with Crippen LogP contribution in [-0.4, -0.2) is 31.0 Å². The summed E-state index contributed by atoms with van der Waals surface area (Å²) in [6.07, 6.45) is 1.46. The number of carbonyl (C=O) groups is 1. The Kier molecular flexibility index (Phi) is 6.12. The average molecular weight is 377 g/mol. The summed E-state index contributed by atoms with van der Waals surface area (Å²) < 4.78 is 19.2. The molecule has 26 heavy (non-hydrogen) atoms. The number of methoxy groups -OCH3 is 1. The van der Waals surface area contributed by atoms with Gasteiger partial charge in [0.15, 0.2) is 0 Å². The molecule has 1 saturated heterocycles. The minimum atomic E-state index is -0.284. The fourth-order valence-corrected chi connectivity index (χ4v) is 3.47. The lowest BCUT2D eigenvalue weighted by molar-refractivity contribution is -0.121. The number of hydrogen-bond donors (Lipinski definition) is 1. The number of nitrogens with zero attached hydrogens (tertiary/aromatic N) is 1. The number of hydrogen-bond acceptors (Lipinski definition) is 3. The van der Waals surface area contributed by atoms with Crippen molar-refractivity contribution >= 4 is 23.2 Å². The molecule has 138 valence electrons. The molecule has 1 aliphatic heterocycles. The first-order valence-corrected chi connectivity index (χ1v) is 9.05. The number of nitrogens with one attached hydrogen (secondary N) is 1. The highest BCUT2D eigenvalue weighted by atomic mass is 35.5. The number of para-hydroxylation sites is 2. The first-order chi connectivity index (χ1) is 12.6. The zero-order valence-corrected chi connectivity index (χ0v) is 15.4. The Morgan fingerprint density at radius 3 is 2.65 bits per heavy atom. The Labute approximate surface area is 157 Å². The molecule has 0 unspecified atom stereocenters. The summed E-state index contributed by atoms with van der Waals surface area (Å²) in [5.41, 5.74) is 1.20. The van der Waals surface area contributed by atoms with E-state index in [1.165, 1.54) is 6.07 Å². The van der Waals surface area contributed by atoms with E-state index >= 15 is 0 Å². The van der Waals surface area contributed by atoms with Crippen LogP contribution in [0.25, 0.3) is 0 Å². The summed E-state index contributed by atoms with van der Waals surface area (Å²) in [6.45, 7) is 1.93. The van der Waals surface area contributed by atoms with Gasteiger partial charge in [0, 0.05) is 23.0 Å². The number of amides is 1. The van der Waals surface area contributed by atoms with Crippen molar-refractivity contribution in [1.29, 1.82) is 0 Å². The van der Waals surface area contributed by atoms with Crippen LogP contribution in [0.1, 0.15) is 18.4 Å². The SMILES string of the molecule is COc1ccccc1NC(=O)C1CCN(Cc2c(F)cccc2Cl)CC1. The second-order valence-corrected chi connectivity index (χ2v) is 6.85. The Morgan fingerprint density at radius 1 is 1.23 bits per heavy atom. The molecular weight excluding hydrogens is 355 g/mol. The second kappa shape index (κ2) is 8.52. The highest BCUT2D eigenvalue weighted by molar-refractivity contribution is 6.31. The molecule has 0 atom stereocenters. The summed E-state index contributed by atoms with van der Waals surface area (Å²) in [4.78, 5) is 14.7. The molecule has 3 rings (SSSR count). The molecule has 0 spiro atoms. The molecule has 0 radical (unpaired) electrons. The predicted molar refractivity (Wildman–Crippen MR) is 101 cm³/mol. The van der Waals surface area contributed by atoms with Crippen molar-refractivity contribution in [2.24, 2.45) is 5.92 Å². The third-order valence-corrected chi connectivity index (χ3v) is 5.12. The van der Waals surface area contributed by atoms with Crippen LogP contribution in [-0.2, 0) is 11.3 Å². The number of likely N-dealkylation sites (tertiary alicyclic amines) is 1. The number of benzene rings is 2. The quantitative estimate of drug-likeness (QED) is 0.844. The third kappa shape index (κ3) is 4.34. The molecule has 1 N–H and O–H groups in total. The number of anilines is 1. The molecule has 6 heteroatoms. The van der Waals surface area contributed by atoms with Gasteiger partial charge in [0.05, 0.1) is 12.8 Å². The summed E-state index contributed by atoms with van der Waals surface area (Å²) >= 11 is 6.10. The highest BCUT2D eigenvalue weighted by Gasteiger charge is 2.26. The second-order valence-electron chi connectivity index (χ2n) is 6.44. The van der Waals surface area contributed by atoms with E-state index < -0.39 is 0 Å². The lowest BCUT2D eigenvalue weighted by Crippen LogP contribution is -2.38. The van der Waals surface area contributed by atoms with E-state index in [0.29, 0.717) is 28.6 Å². The summed E-state index contributed by atoms with van der Waals surface area (Å²) in [6, 6.07) is 12.1. The average Bonchev–Trinajstić information content (AvgIpc) is 2.66. The fourth-order valence-electron chi connectivity index (χ4n) is 3.24. The van der Waals surface area contributed by atoms with Crippen molar-refractivity contribution in [2.45, 2.75) is 19.4 Å². The number of ether oxygens (including phenoxy) is 1. The van der Waals surface area contributed by atoms with Crippen LogP contribution in [0.4, 0.5) is 10.1 Å². The Morgan fingerprint density at radius 2 is 1.96 bits per heavy atom. The highest BCUT2D eigenvalue weighted by Crippen LogP contribution is 2.27. The smallest absolute Gasteiger partial charge is 0.227 e. The molecule has 0 saturated carbocycles. The van der Waals surface area contributed by atoms with Crippen molar-refractivity contribution in [3.63, 3.8) is 0 Å². The summed E-state index contributed by atoms with van der Waals surface area (Å²) in [7, 11) is 1.58. The molecule has 1 amide bonds. The standard InChI is InChI=1S/C20H22ClFN2O2/c1-26-19-8-3-2-7-18(19)23-20(25)14-9-11-24(12-10-14)13-15-16(21)5-4-6-17(15)22/h2-8,14H,9-13H2,1H3,(H,23,25). The number of rotatable bonds is 5. The van der Waals surface area contributed by atoms with Gasteiger partial charge in [-0.15, -0.1) is 0 Å². The molecule has 2 aromatic carbocycles. The molecule has 1 aliphatic rings. The Balaban J connectivity index is 1.56. The molecule has 0 aliphatic carbocycles. The molecule has 0 aromatic heterocycles. The van der Waals surface area contributed by atoms with Crippen LogP contribution in [0.2, 0.25) is 5.02 Å². The minimum Gasteiger partial charge on any atom is -0.495 e. The fraction of sp³-hybridized carbons (Fsp3) is 0.350. The minimum absolute atomic E-state index is 0.00178. The van der Waals surface area contributed by atoms with Gasteiger partial charge in [0.2, 0.25) is 5.91 Å². The van der Waals surface area contributed by atoms with Gasteiger partial charge in [0.25, 0.3) is 0 Å². The molecule has 2 aromatic rings. The van der Waals surface area contributed by atoms with Crippen LogP contribution >= 0.6 is 11.6 Å². The van der Waals surface area contributed by atoms with E-state index in [9.17, 15) is 9.18 Å². The van der Waals surface area contributed by atoms with Crippen LogP contribution < -0.4 is 10.1 Å². The number of carbonyl (C=O) groups excluding carboxylic acids is 1. The van der Waals surface area contributed by atoms with Gasteiger partial charge in [0.1, 0.15) is 11.6 Å². The van der Waals surface area contributed by atoms with Gasteiger partial charge in [-0.25, -0.2) is 4.39 Å². The Bertz CT molecular complexity index is 756. The molecule has 1 fully saturated rings. The predicted octanol–water partition coefficient (Wildman–Crippen LogP) is 4.34. The maximum absolute atomic E-state index is 13.9. The monoisotopic (exact) mass is 376 g/mol. The van der Waals surface area contributed by atoms with Crippen LogP contribution in [0.3, 0.4) is 0 Å². The number of piperidine rings is 1. The van der Waals surface area contributed by atoms with Gasteiger partial charge in [-0.05, 0) is 50.2 Å². The van der Waals surface area contributed by atoms with E-state index in [1.54, 1.807) is 19.2 Å². The van der Waals surface area contributed by atoms with E-state index in [0.717, 1.165) is 25.9 Å². The molecular formula is C20H22ClFN2O2. The van der Waals surface area contributed by atoms with E-state index in [1.807, 2.05) is 24.3 Å². The summed E-state index contributed by atoms with van der Waals surface area (Å²) in [5, 5.41) is 3.40. The zero-order valence-electron chi connectivity index (χ0n) is 14.7. The first-order valence-electron chi connectivity index (χ1n) is 8.67. The van der Waals surface area contributed by atoms with Crippen LogP contribution in [0, 0.1) is 11.7 Å². The summed E-state index contributed by atoms with van der Waals surface area (Å²) in [5.74, 6) is 0.298. The van der Waals surface area contributed by atoms with Gasteiger partial charge in [-0.2, -0.15) is 0 Å². The van der Waals surface area contributed by atoms with Gasteiger partial charge in [-0.3, -0.25) is 9.69 Å². The van der Waals surface area contributed by atoms with Crippen molar-refractivity contribution in [3.05, 3.63) is 58.9 Å². The van der Waals surface area contributed by atoms with E-state index in [2.05, 4.69) is 10.2 Å². The van der Waals surface area contributed by atoms with Crippen molar-refractivity contribution in [3.8, 4) is 5.75 Å². The van der Waals surface area contributed by atoms with E-state index in [4.69, 9.17) is 16.3 Å². The van der Waals surface area contributed by atoms with Crippen molar-refractivity contribution in [1.82, 2.24) is 4.90 Å². The largest absolute Gasteiger partial charge is 0.495 e. The number of halogens is 2. The maximum atomic E-state index is 13.9. The van der Waals surface area contributed by atoms with Gasteiger partial charge < -0.3 is 10.1 Å². The van der Waals surface area contributed by atoms with Crippen LogP contribution in [0.5, 0.6) is 5.75 Å². The third-order valence-electron chi connectivity index (χ3n) is 4.77.